The summed E-state index contributed by atoms with van der Waals surface area (Å²) < 4.78 is 0. The van der Waals surface area contributed by atoms with Gasteiger partial charge in [0.1, 0.15) is 0 Å². The van der Waals surface area contributed by atoms with Gasteiger partial charge in [-0.15, -0.1) is 0 Å². The first-order valence-electron chi connectivity index (χ1n) is 8.05. The highest BCUT2D eigenvalue weighted by atomic mass is 16.1. The molecule has 0 aromatic heterocycles. The summed E-state index contributed by atoms with van der Waals surface area (Å²) in [5.41, 5.74) is 4.13. The van der Waals surface area contributed by atoms with Gasteiger partial charge in [-0.3, -0.25) is 9.69 Å². The van der Waals surface area contributed by atoms with E-state index in [1.165, 1.54) is 22.9 Å². The molecule has 0 atom stereocenters. The molecule has 0 saturated carbocycles. The van der Waals surface area contributed by atoms with Crippen molar-refractivity contribution >= 4 is 11.6 Å². The van der Waals surface area contributed by atoms with E-state index in [2.05, 4.69) is 53.7 Å². The molecule has 1 saturated heterocycles. The predicted molar refractivity (Wildman–Crippen MR) is 92.4 cm³/mol. The number of nitrogens with one attached hydrogen (secondary N) is 1. The number of amides is 1. The number of hydrogen-bond donors (Lipinski definition) is 1. The summed E-state index contributed by atoms with van der Waals surface area (Å²) in [5.74, 6) is -0.0835. The zero-order valence-electron chi connectivity index (χ0n) is 13.8. The van der Waals surface area contributed by atoms with E-state index in [-0.39, 0.29) is 5.91 Å². The predicted octanol–water partition coefficient (Wildman–Crippen LogP) is 2.12. The molecule has 1 aromatic rings. The molecule has 1 N–H and O–H groups in total. The standard InChI is InChI=1S/C18H27N3O/c1-4-17(22)19-9-6-10-20-11-13-21(14-12-20)18-15(2)7-5-8-16(18)3/h4-5,7-8H,1,6,9-14H2,2-3H3,(H,19,22). The van der Waals surface area contributed by atoms with Gasteiger partial charge in [-0.05, 0) is 44.0 Å². The van der Waals surface area contributed by atoms with Crippen molar-refractivity contribution in [2.24, 2.45) is 0 Å². The van der Waals surface area contributed by atoms with Crippen LogP contribution in [0.4, 0.5) is 5.69 Å². The first-order valence-corrected chi connectivity index (χ1v) is 8.05. The van der Waals surface area contributed by atoms with Crippen LogP contribution in [0.2, 0.25) is 0 Å². The van der Waals surface area contributed by atoms with Gasteiger partial charge in [0.15, 0.2) is 0 Å². The lowest BCUT2D eigenvalue weighted by Crippen LogP contribution is -2.47. The first-order chi connectivity index (χ1) is 10.6. The molecule has 1 aliphatic heterocycles. The van der Waals surface area contributed by atoms with Crippen molar-refractivity contribution in [2.75, 3.05) is 44.2 Å². The quantitative estimate of drug-likeness (QED) is 0.646. The average Bonchev–Trinajstić information content (AvgIpc) is 2.52. The molecule has 1 fully saturated rings. The van der Waals surface area contributed by atoms with Crippen molar-refractivity contribution in [3.63, 3.8) is 0 Å². The molecular weight excluding hydrogens is 274 g/mol. The Morgan fingerprint density at radius 1 is 1.23 bits per heavy atom. The molecule has 2 rings (SSSR count). The number of aryl methyl sites for hydroxylation is 2. The summed E-state index contributed by atoms with van der Waals surface area (Å²) in [7, 11) is 0. The van der Waals surface area contributed by atoms with Crippen molar-refractivity contribution < 1.29 is 4.79 Å². The highest BCUT2D eigenvalue weighted by molar-refractivity contribution is 5.86. The van der Waals surface area contributed by atoms with Crippen molar-refractivity contribution in [2.45, 2.75) is 20.3 Å². The number of para-hydroxylation sites is 1. The molecule has 120 valence electrons. The lowest BCUT2D eigenvalue weighted by Gasteiger charge is -2.37. The summed E-state index contributed by atoms with van der Waals surface area (Å²) >= 11 is 0. The van der Waals surface area contributed by atoms with Gasteiger partial charge in [-0.25, -0.2) is 0 Å². The Hall–Kier alpha value is -1.81. The lowest BCUT2D eigenvalue weighted by molar-refractivity contribution is -0.116. The fourth-order valence-electron chi connectivity index (χ4n) is 3.09. The van der Waals surface area contributed by atoms with Crippen molar-refractivity contribution in [1.82, 2.24) is 10.2 Å². The van der Waals surface area contributed by atoms with Crippen LogP contribution in [0.15, 0.2) is 30.9 Å². The number of anilines is 1. The number of carbonyl (C=O) groups is 1. The Bertz CT molecular complexity index is 499. The Balaban J connectivity index is 1.76. The maximum absolute atomic E-state index is 11.1. The van der Waals surface area contributed by atoms with E-state index in [0.717, 1.165) is 45.7 Å². The monoisotopic (exact) mass is 301 g/mol. The van der Waals surface area contributed by atoms with Crippen molar-refractivity contribution in [3.05, 3.63) is 42.0 Å². The fraction of sp³-hybridized carbons (Fsp3) is 0.500. The van der Waals surface area contributed by atoms with Crippen LogP contribution in [0.25, 0.3) is 0 Å². The molecule has 4 nitrogen and oxygen atoms in total. The number of benzene rings is 1. The topological polar surface area (TPSA) is 35.6 Å². The third-order valence-corrected chi connectivity index (χ3v) is 4.26. The number of nitrogens with zero attached hydrogens (tertiary/aromatic N) is 2. The third kappa shape index (κ3) is 4.34. The van der Waals surface area contributed by atoms with Crippen LogP contribution in [-0.2, 0) is 4.79 Å². The van der Waals surface area contributed by atoms with Gasteiger partial charge in [0.05, 0.1) is 0 Å². The minimum Gasteiger partial charge on any atom is -0.369 e. The second-order valence-corrected chi connectivity index (χ2v) is 5.92. The Kier molecular flexibility index (Phi) is 6.01. The molecule has 0 bridgehead atoms. The van der Waals surface area contributed by atoms with Crippen LogP contribution in [0, 0.1) is 13.8 Å². The van der Waals surface area contributed by atoms with E-state index in [1.54, 1.807) is 0 Å². The van der Waals surface area contributed by atoms with E-state index in [1.807, 2.05) is 0 Å². The van der Waals surface area contributed by atoms with Crippen LogP contribution in [0.1, 0.15) is 17.5 Å². The maximum atomic E-state index is 11.1. The average molecular weight is 301 g/mol. The van der Waals surface area contributed by atoms with Gasteiger partial charge in [-0.2, -0.15) is 0 Å². The van der Waals surface area contributed by atoms with Crippen LogP contribution < -0.4 is 10.2 Å². The fourth-order valence-corrected chi connectivity index (χ4v) is 3.09. The molecular formula is C18H27N3O. The Labute approximate surface area is 133 Å². The molecule has 1 aliphatic rings. The molecule has 1 heterocycles. The number of rotatable bonds is 6. The van der Waals surface area contributed by atoms with E-state index in [0.29, 0.717) is 0 Å². The van der Waals surface area contributed by atoms with Gasteiger partial charge in [-0.1, -0.05) is 24.8 Å². The Morgan fingerprint density at radius 3 is 2.45 bits per heavy atom. The van der Waals surface area contributed by atoms with E-state index < -0.39 is 0 Å². The summed E-state index contributed by atoms with van der Waals surface area (Å²) in [4.78, 5) is 16.1. The summed E-state index contributed by atoms with van der Waals surface area (Å²) in [6.07, 6.45) is 2.31. The summed E-state index contributed by atoms with van der Waals surface area (Å²) in [6, 6.07) is 6.51. The molecule has 22 heavy (non-hydrogen) atoms. The van der Waals surface area contributed by atoms with Gasteiger partial charge in [0.2, 0.25) is 5.91 Å². The molecule has 1 amide bonds. The van der Waals surface area contributed by atoms with Crippen LogP contribution >= 0.6 is 0 Å². The number of piperazine rings is 1. The van der Waals surface area contributed by atoms with Crippen LogP contribution in [0.5, 0.6) is 0 Å². The summed E-state index contributed by atoms with van der Waals surface area (Å²) in [5, 5.41) is 2.83. The molecule has 0 spiro atoms. The zero-order valence-corrected chi connectivity index (χ0v) is 13.8. The van der Waals surface area contributed by atoms with E-state index in [4.69, 9.17) is 0 Å². The number of carbonyl (C=O) groups excluding carboxylic acids is 1. The third-order valence-electron chi connectivity index (χ3n) is 4.26. The van der Waals surface area contributed by atoms with E-state index in [9.17, 15) is 4.79 Å². The molecule has 1 aromatic carbocycles. The van der Waals surface area contributed by atoms with Gasteiger partial charge < -0.3 is 10.2 Å². The summed E-state index contributed by atoms with van der Waals surface area (Å²) in [6.45, 7) is 13.9. The second kappa shape index (κ2) is 7.99. The molecule has 0 unspecified atom stereocenters. The highest BCUT2D eigenvalue weighted by Gasteiger charge is 2.19. The lowest BCUT2D eigenvalue weighted by atomic mass is 10.1. The molecule has 0 radical (unpaired) electrons. The van der Waals surface area contributed by atoms with Crippen LogP contribution in [0.3, 0.4) is 0 Å². The normalized spacial score (nSPS) is 15.6. The molecule has 0 aliphatic carbocycles. The zero-order chi connectivity index (χ0) is 15.9. The van der Waals surface area contributed by atoms with Gasteiger partial charge in [0, 0.05) is 38.4 Å². The van der Waals surface area contributed by atoms with Gasteiger partial charge >= 0.3 is 0 Å². The Morgan fingerprint density at radius 2 is 1.86 bits per heavy atom. The van der Waals surface area contributed by atoms with E-state index >= 15 is 0 Å². The largest absolute Gasteiger partial charge is 0.369 e. The SMILES string of the molecule is C=CC(=O)NCCCN1CCN(c2c(C)cccc2C)CC1. The first kappa shape index (κ1) is 16.6. The second-order valence-electron chi connectivity index (χ2n) is 5.92. The maximum Gasteiger partial charge on any atom is 0.243 e. The number of hydrogen-bond acceptors (Lipinski definition) is 3. The smallest absolute Gasteiger partial charge is 0.243 e. The highest BCUT2D eigenvalue weighted by Crippen LogP contribution is 2.25. The van der Waals surface area contributed by atoms with Crippen LogP contribution in [-0.4, -0.2) is 50.1 Å². The van der Waals surface area contributed by atoms with Crippen molar-refractivity contribution in [1.29, 1.82) is 0 Å². The molecule has 4 heteroatoms. The minimum absolute atomic E-state index is 0.0835. The van der Waals surface area contributed by atoms with Crippen molar-refractivity contribution in [3.8, 4) is 0 Å². The van der Waals surface area contributed by atoms with Gasteiger partial charge in [0.25, 0.3) is 0 Å². The minimum atomic E-state index is -0.0835.